The van der Waals surface area contributed by atoms with E-state index >= 15 is 0 Å². The highest BCUT2D eigenvalue weighted by Gasteiger charge is 2.31. The maximum absolute atomic E-state index is 13.2. The minimum Gasteiger partial charge on any atom is -0.350 e. The third-order valence-corrected chi connectivity index (χ3v) is 4.29. The molecule has 4 heteroatoms. The molecule has 0 radical (unpaired) electrons. The van der Waals surface area contributed by atoms with Gasteiger partial charge in [-0.05, 0) is 54.6 Å². The highest BCUT2D eigenvalue weighted by Crippen LogP contribution is 2.41. The van der Waals surface area contributed by atoms with Crippen molar-refractivity contribution in [3.05, 3.63) is 58.6 Å². The van der Waals surface area contributed by atoms with Gasteiger partial charge in [-0.25, -0.2) is 4.39 Å². The lowest BCUT2D eigenvalue weighted by atomic mass is 10.1. The molecule has 1 aliphatic carbocycles. The summed E-state index contributed by atoms with van der Waals surface area (Å²) < 4.78 is 15.3. The second kappa shape index (κ2) is 6.20. The normalized spacial score (nSPS) is 16.1. The quantitative estimate of drug-likeness (QED) is 0.837. The van der Waals surface area contributed by atoms with E-state index in [0.717, 1.165) is 18.0 Å². The number of benzene rings is 1. The summed E-state index contributed by atoms with van der Waals surface area (Å²) in [6.45, 7) is 3.84. The van der Waals surface area contributed by atoms with E-state index < -0.39 is 0 Å². The Bertz CT molecular complexity index is 619. The Kier molecular flexibility index (Phi) is 4.32. The van der Waals surface area contributed by atoms with Gasteiger partial charge in [-0.1, -0.05) is 24.6 Å². The van der Waals surface area contributed by atoms with Gasteiger partial charge in [0, 0.05) is 25.0 Å². The Morgan fingerprint density at radius 1 is 1.38 bits per heavy atom. The van der Waals surface area contributed by atoms with Crippen molar-refractivity contribution in [1.82, 2.24) is 9.88 Å². The van der Waals surface area contributed by atoms with Gasteiger partial charge in [0.2, 0.25) is 0 Å². The monoisotopic (exact) mass is 306 g/mol. The molecule has 1 N–H and O–H groups in total. The van der Waals surface area contributed by atoms with E-state index in [-0.39, 0.29) is 10.8 Å². The van der Waals surface area contributed by atoms with Crippen molar-refractivity contribution in [3.63, 3.8) is 0 Å². The van der Waals surface area contributed by atoms with Crippen LogP contribution < -0.4 is 5.32 Å². The van der Waals surface area contributed by atoms with E-state index in [1.54, 1.807) is 12.1 Å². The van der Waals surface area contributed by atoms with E-state index in [4.69, 9.17) is 11.6 Å². The van der Waals surface area contributed by atoms with Gasteiger partial charge in [0.25, 0.3) is 0 Å². The molecule has 112 valence electrons. The van der Waals surface area contributed by atoms with Gasteiger partial charge in [-0.3, -0.25) is 0 Å². The number of hydrogen-bond donors (Lipinski definition) is 1. The highest BCUT2D eigenvalue weighted by atomic mass is 35.5. The summed E-state index contributed by atoms with van der Waals surface area (Å²) in [6.07, 6.45) is 6.90. The minimum absolute atomic E-state index is 0.184. The molecule has 0 aliphatic heterocycles. The van der Waals surface area contributed by atoms with Crippen LogP contribution in [0.1, 0.15) is 36.9 Å². The largest absolute Gasteiger partial charge is 0.350 e. The smallest absolute Gasteiger partial charge is 0.141 e. The van der Waals surface area contributed by atoms with Crippen LogP contribution in [0.4, 0.5) is 4.39 Å². The lowest BCUT2D eigenvalue weighted by Gasteiger charge is -2.15. The summed E-state index contributed by atoms with van der Waals surface area (Å²) in [5.41, 5.74) is 2.35. The zero-order valence-corrected chi connectivity index (χ0v) is 12.9. The van der Waals surface area contributed by atoms with Crippen molar-refractivity contribution < 1.29 is 4.39 Å². The maximum Gasteiger partial charge on any atom is 0.141 e. The molecule has 1 atom stereocenters. The molecule has 0 amide bonds. The third-order valence-electron chi connectivity index (χ3n) is 4.00. The van der Waals surface area contributed by atoms with Gasteiger partial charge >= 0.3 is 0 Å². The molecule has 1 heterocycles. The predicted molar refractivity (Wildman–Crippen MR) is 84.1 cm³/mol. The fourth-order valence-electron chi connectivity index (χ4n) is 2.80. The van der Waals surface area contributed by atoms with Crippen molar-refractivity contribution in [1.29, 1.82) is 0 Å². The number of rotatable bonds is 6. The van der Waals surface area contributed by atoms with Crippen LogP contribution in [0.3, 0.4) is 0 Å². The fraction of sp³-hybridized carbons (Fsp3) is 0.412. The van der Waals surface area contributed by atoms with Gasteiger partial charge in [0.05, 0.1) is 5.02 Å². The lowest BCUT2D eigenvalue weighted by molar-refractivity contribution is 0.495. The zero-order chi connectivity index (χ0) is 14.8. The van der Waals surface area contributed by atoms with Crippen molar-refractivity contribution in [2.75, 3.05) is 6.54 Å². The van der Waals surface area contributed by atoms with E-state index in [2.05, 4.69) is 35.3 Å². The second-order valence-electron chi connectivity index (χ2n) is 5.74. The van der Waals surface area contributed by atoms with Gasteiger partial charge in [-0.2, -0.15) is 0 Å². The van der Waals surface area contributed by atoms with Gasteiger partial charge < -0.3 is 9.88 Å². The Morgan fingerprint density at radius 2 is 2.19 bits per heavy atom. The average Bonchev–Trinajstić information content (AvgIpc) is 3.20. The fourth-order valence-corrected chi connectivity index (χ4v) is 3.00. The predicted octanol–water partition coefficient (Wildman–Crippen LogP) is 4.39. The van der Waals surface area contributed by atoms with E-state index in [1.807, 2.05) is 0 Å². The van der Waals surface area contributed by atoms with Crippen LogP contribution in [0, 0.1) is 11.7 Å². The molecule has 21 heavy (non-hydrogen) atoms. The molecular formula is C17H20ClFN2. The van der Waals surface area contributed by atoms with Crippen LogP contribution in [0.5, 0.6) is 0 Å². The molecule has 2 nitrogen and oxygen atoms in total. The summed E-state index contributed by atoms with van der Waals surface area (Å²) in [7, 11) is 0. The number of aromatic nitrogens is 1. The van der Waals surface area contributed by atoms with Crippen LogP contribution in [0.2, 0.25) is 5.02 Å². The second-order valence-corrected chi connectivity index (χ2v) is 6.15. The summed E-state index contributed by atoms with van der Waals surface area (Å²) >= 11 is 5.83. The van der Waals surface area contributed by atoms with Gasteiger partial charge in [0.15, 0.2) is 0 Å². The molecule has 0 spiro atoms. The lowest BCUT2D eigenvalue weighted by Crippen LogP contribution is -2.22. The van der Waals surface area contributed by atoms with Crippen LogP contribution in [-0.4, -0.2) is 11.1 Å². The van der Waals surface area contributed by atoms with E-state index in [1.165, 1.54) is 24.5 Å². The van der Waals surface area contributed by atoms with Crippen molar-refractivity contribution >= 4 is 11.6 Å². The molecule has 1 unspecified atom stereocenters. The van der Waals surface area contributed by atoms with Crippen molar-refractivity contribution in [3.8, 4) is 0 Å². The molecule has 2 aromatic rings. The summed E-state index contributed by atoms with van der Waals surface area (Å²) in [5, 5.41) is 3.75. The molecule has 1 aromatic heterocycles. The van der Waals surface area contributed by atoms with Crippen molar-refractivity contribution in [2.45, 2.75) is 32.4 Å². The summed E-state index contributed by atoms with van der Waals surface area (Å²) in [5.74, 6) is 0.413. The van der Waals surface area contributed by atoms with Gasteiger partial charge in [-0.15, -0.1) is 0 Å². The number of hydrogen-bond acceptors (Lipinski definition) is 1. The SMILES string of the molecule is CCNC(c1ccn(Cc2ccc(F)c(Cl)c2)c1)C1CC1. The highest BCUT2D eigenvalue weighted by molar-refractivity contribution is 6.30. The zero-order valence-electron chi connectivity index (χ0n) is 12.2. The van der Waals surface area contributed by atoms with Crippen LogP contribution >= 0.6 is 11.6 Å². The Labute approximate surface area is 129 Å². The molecule has 1 aliphatic rings. The molecule has 0 bridgehead atoms. The molecule has 1 fully saturated rings. The first-order valence-electron chi connectivity index (χ1n) is 7.50. The minimum atomic E-state index is -0.366. The van der Waals surface area contributed by atoms with Crippen LogP contribution in [-0.2, 0) is 6.54 Å². The molecule has 3 rings (SSSR count). The van der Waals surface area contributed by atoms with E-state index in [0.29, 0.717) is 12.6 Å². The van der Waals surface area contributed by atoms with Crippen LogP contribution in [0.25, 0.3) is 0 Å². The molecule has 0 saturated heterocycles. The average molecular weight is 307 g/mol. The molecule has 1 aromatic carbocycles. The topological polar surface area (TPSA) is 17.0 Å². The standard InChI is InChI=1S/C17H20ClFN2/c1-2-20-17(13-4-5-13)14-7-8-21(11-14)10-12-3-6-16(19)15(18)9-12/h3,6-9,11,13,17,20H,2,4-5,10H2,1H3. The van der Waals surface area contributed by atoms with Crippen molar-refractivity contribution in [2.24, 2.45) is 5.92 Å². The summed E-state index contributed by atoms with van der Waals surface area (Å²) in [6, 6.07) is 7.54. The Balaban J connectivity index is 1.73. The first kappa shape index (κ1) is 14.6. The van der Waals surface area contributed by atoms with Crippen LogP contribution in [0.15, 0.2) is 36.7 Å². The number of halogens is 2. The maximum atomic E-state index is 13.2. The summed E-state index contributed by atoms with van der Waals surface area (Å²) in [4.78, 5) is 0. The van der Waals surface area contributed by atoms with Gasteiger partial charge in [0.1, 0.15) is 5.82 Å². The number of nitrogens with one attached hydrogen (secondary N) is 1. The first-order valence-corrected chi connectivity index (χ1v) is 7.88. The Morgan fingerprint density at radius 3 is 2.86 bits per heavy atom. The third kappa shape index (κ3) is 3.47. The van der Waals surface area contributed by atoms with E-state index in [9.17, 15) is 4.39 Å². The molecular weight excluding hydrogens is 287 g/mol. The Hall–Kier alpha value is -1.32. The number of nitrogens with zero attached hydrogens (tertiary/aromatic N) is 1. The first-order chi connectivity index (χ1) is 10.2. The molecule has 1 saturated carbocycles.